The Balaban J connectivity index is 1.20. The number of nitrogens with zero attached hydrogens (tertiary/aromatic N) is 1. The van der Waals surface area contributed by atoms with Crippen LogP contribution in [0.5, 0.6) is 5.88 Å². The van der Waals surface area contributed by atoms with E-state index in [9.17, 15) is 9.59 Å². The van der Waals surface area contributed by atoms with Crippen molar-refractivity contribution in [1.29, 1.82) is 0 Å². The van der Waals surface area contributed by atoms with Gasteiger partial charge >= 0.3 is 0 Å². The van der Waals surface area contributed by atoms with Crippen LogP contribution >= 0.6 is 23.2 Å². The van der Waals surface area contributed by atoms with E-state index in [0.717, 1.165) is 71.4 Å². The monoisotopic (exact) mass is 657 g/mol. The van der Waals surface area contributed by atoms with Crippen molar-refractivity contribution in [2.24, 2.45) is 5.92 Å². The van der Waals surface area contributed by atoms with E-state index in [1.807, 2.05) is 72.8 Å². The topological polar surface area (TPSA) is 104 Å². The Hall–Kier alpha value is -3.95. The minimum Gasteiger partial charge on any atom is -0.481 e. The Morgan fingerprint density at radius 1 is 0.891 bits per heavy atom. The molecule has 2 aliphatic rings. The number of ether oxygens (including phenoxy) is 1. The average molecular weight is 659 g/mol. The van der Waals surface area contributed by atoms with Crippen LogP contribution in [0.2, 0.25) is 10.0 Å². The van der Waals surface area contributed by atoms with E-state index in [1.54, 1.807) is 7.11 Å². The van der Waals surface area contributed by atoms with Crippen molar-refractivity contribution in [2.75, 3.05) is 32.1 Å². The maximum Gasteiger partial charge on any atom is 0.227 e. The zero-order chi connectivity index (χ0) is 32.0. The smallest absolute Gasteiger partial charge is 0.227 e. The molecule has 4 N–H and O–H groups in total. The Morgan fingerprint density at radius 2 is 1.57 bits per heavy atom. The van der Waals surface area contributed by atoms with Gasteiger partial charge in [0, 0.05) is 65.0 Å². The molecule has 3 aromatic carbocycles. The molecule has 0 bridgehead atoms. The van der Waals surface area contributed by atoms with Crippen LogP contribution in [0.3, 0.4) is 0 Å². The number of amides is 2. The third kappa shape index (κ3) is 7.21. The number of hydrogen-bond acceptors (Lipinski definition) is 6. The number of nitrogens with one attached hydrogen (secondary N) is 4. The first kappa shape index (κ1) is 32.0. The molecule has 2 aliphatic heterocycles. The number of aromatic nitrogens is 1. The van der Waals surface area contributed by atoms with E-state index in [2.05, 4.69) is 21.3 Å². The number of anilines is 1. The van der Waals surface area contributed by atoms with E-state index in [-0.39, 0.29) is 23.8 Å². The van der Waals surface area contributed by atoms with E-state index < -0.39 is 0 Å². The molecule has 3 heterocycles. The third-order valence-corrected chi connectivity index (χ3v) is 9.47. The highest BCUT2D eigenvalue weighted by atomic mass is 35.5. The maximum absolute atomic E-state index is 12.7. The third-order valence-electron chi connectivity index (χ3n) is 8.66. The second kappa shape index (κ2) is 14.6. The van der Waals surface area contributed by atoms with Crippen LogP contribution in [0.25, 0.3) is 33.5 Å². The van der Waals surface area contributed by atoms with Gasteiger partial charge in [0.1, 0.15) is 0 Å². The molecule has 0 unspecified atom stereocenters. The number of rotatable bonds is 10. The van der Waals surface area contributed by atoms with Crippen LogP contribution < -0.4 is 26.0 Å². The van der Waals surface area contributed by atoms with Gasteiger partial charge in [-0.05, 0) is 56.1 Å². The van der Waals surface area contributed by atoms with E-state index in [4.69, 9.17) is 32.9 Å². The fourth-order valence-electron chi connectivity index (χ4n) is 6.10. The molecule has 4 aromatic rings. The van der Waals surface area contributed by atoms with Crippen molar-refractivity contribution in [3.05, 3.63) is 88.4 Å². The summed E-state index contributed by atoms with van der Waals surface area (Å²) in [6.07, 6.45) is 3.12. The van der Waals surface area contributed by atoms with E-state index in [1.165, 1.54) is 0 Å². The lowest BCUT2D eigenvalue weighted by Gasteiger charge is -2.21. The van der Waals surface area contributed by atoms with Crippen molar-refractivity contribution < 1.29 is 14.3 Å². The molecule has 1 aromatic heterocycles. The summed E-state index contributed by atoms with van der Waals surface area (Å²) < 4.78 is 5.64. The van der Waals surface area contributed by atoms with Crippen LogP contribution in [-0.4, -0.2) is 49.6 Å². The molecule has 8 nitrogen and oxygen atoms in total. The van der Waals surface area contributed by atoms with Crippen LogP contribution in [-0.2, 0) is 16.1 Å². The van der Waals surface area contributed by atoms with Gasteiger partial charge in [0.25, 0.3) is 0 Å². The lowest BCUT2D eigenvalue weighted by atomic mass is 9.96. The Bertz CT molecular complexity index is 1720. The minimum absolute atomic E-state index is 0.0388. The maximum atomic E-state index is 12.7. The van der Waals surface area contributed by atoms with Gasteiger partial charge in [0.2, 0.25) is 17.7 Å². The van der Waals surface area contributed by atoms with Crippen LogP contribution in [0.4, 0.5) is 5.69 Å². The lowest BCUT2D eigenvalue weighted by molar-refractivity contribution is -0.121. The molecule has 2 amide bonds. The lowest BCUT2D eigenvalue weighted by Crippen LogP contribution is -2.35. The highest BCUT2D eigenvalue weighted by molar-refractivity contribution is 6.39. The SMILES string of the molecule is COc1nc(-c2cccc(-c3cccc(-c4ccc(NC(=O)C5CCNCC5)cc4)c3Cl)c2Cl)ccc1CNC[C@@H]1CCC(=O)N1. The van der Waals surface area contributed by atoms with Gasteiger partial charge in [0.05, 0.1) is 22.8 Å². The highest BCUT2D eigenvalue weighted by Gasteiger charge is 2.22. The minimum atomic E-state index is 0.0388. The number of carbonyl (C=O) groups excluding carboxylic acids is 2. The standard InChI is InChI=1S/C36H37Cl2N5O3/c1-46-36-24(20-40-21-26-13-15-32(44)41-26)10-14-31(43-36)30-7-3-6-29(34(30)38)28-5-2-4-27(33(28)37)22-8-11-25(12-9-22)42-35(45)23-16-18-39-19-17-23/h2-12,14,23,26,39-40H,13,15-21H2,1H3,(H,41,44)(H,42,45)/t26-/m0/s1. The number of hydrogen-bond donors (Lipinski definition) is 4. The van der Waals surface area contributed by atoms with E-state index in [0.29, 0.717) is 41.1 Å². The fraction of sp³-hybridized carbons (Fsp3) is 0.306. The first-order chi connectivity index (χ1) is 22.4. The van der Waals surface area contributed by atoms with Crippen LogP contribution in [0, 0.1) is 5.92 Å². The second-order valence-corrected chi connectivity index (χ2v) is 12.5. The Labute approximate surface area is 279 Å². The van der Waals surface area contributed by atoms with Gasteiger partial charge in [-0.3, -0.25) is 9.59 Å². The summed E-state index contributed by atoms with van der Waals surface area (Å²) in [5.74, 6) is 0.721. The summed E-state index contributed by atoms with van der Waals surface area (Å²) in [5, 5.41) is 13.8. The second-order valence-electron chi connectivity index (χ2n) is 11.7. The molecule has 6 rings (SSSR count). The van der Waals surface area contributed by atoms with Gasteiger partial charge in [0.15, 0.2) is 0 Å². The van der Waals surface area contributed by atoms with Gasteiger partial charge < -0.3 is 26.0 Å². The largest absolute Gasteiger partial charge is 0.481 e. The Kier molecular flexibility index (Phi) is 10.2. The molecule has 0 saturated carbocycles. The quantitative estimate of drug-likeness (QED) is 0.151. The number of halogens is 2. The normalized spacial score (nSPS) is 16.7. The summed E-state index contributed by atoms with van der Waals surface area (Å²) in [4.78, 5) is 29.0. The van der Waals surface area contributed by atoms with Crippen molar-refractivity contribution in [3.8, 4) is 39.4 Å². The molecule has 238 valence electrons. The number of methoxy groups -OCH3 is 1. The summed E-state index contributed by atoms with van der Waals surface area (Å²) in [6, 6.07) is 23.6. The average Bonchev–Trinajstić information content (AvgIpc) is 3.50. The molecule has 46 heavy (non-hydrogen) atoms. The molecule has 1 atom stereocenters. The van der Waals surface area contributed by atoms with Crippen molar-refractivity contribution in [1.82, 2.24) is 20.9 Å². The fourth-order valence-corrected chi connectivity index (χ4v) is 6.77. The van der Waals surface area contributed by atoms with Gasteiger partial charge in [-0.1, -0.05) is 77.8 Å². The molecule has 2 fully saturated rings. The first-order valence-electron chi connectivity index (χ1n) is 15.6. The van der Waals surface area contributed by atoms with Gasteiger partial charge in [-0.15, -0.1) is 0 Å². The van der Waals surface area contributed by atoms with Crippen molar-refractivity contribution in [3.63, 3.8) is 0 Å². The van der Waals surface area contributed by atoms with E-state index >= 15 is 0 Å². The predicted octanol–water partition coefficient (Wildman–Crippen LogP) is 6.70. The molecule has 0 radical (unpaired) electrons. The summed E-state index contributed by atoms with van der Waals surface area (Å²) in [5.41, 5.74) is 6.53. The molecule has 0 aliphatic carbocycles. The molecular weight excluding hydrogens is 621 g/mol. The zero-order valence-electron chi connectivity index (χ0n) is 25.7. The number of piperidine rings is 1. The summed E-state index contributed by atoms with van der Waals surface area (Å²) >= 11 is 14.1. The van der Waals surface area contributed by atoms with Crippen molar-refractivity contribution >= 4 is 40.7 Å². The summed E-state index contributed by atoms with van der Waals surface area (Å²) in [7, 11) is 1.60. The highest BCUT2D eigenvalue weighted by Crippen LogP contribution is 2.42. The van der Waals surface area contributed by atoms with Crippen molar-refractivity contribution in [2.45, 2.75) is 38.3 Å². The Morgan fingerprint density at radius 3 is 2.24 bits per heavy atom. The molecule has 0 spiro atoms. The zero-order valence-corrected chi connectivity index (χ0v) is 27.2. The number of carbonyl (C=O) groups is 2. The molecule has 10 heteroatoms. The molecule has 2 saturated heterocycles. The summed E-state index contributed by atoms with van der Waals surface area (Å²) in [6.45, 7) is 2.99. The van der Waals surface area contributed by atoms with Gasteiger partial charge in [-0.2, -0.15) is 0 Å². The number of pyridine rings is 1. The number of benzene rings is 3. The first-order valence-corrected chi connectivity index (χ1v) is 16.4. The van der Waals surface area contributed by atoms with Crippen LogP contribution in [0.1, 0.15) is 31.2 Å². The van der Waals surface area contributed by atoms with Gasteiger partial charge in [-0.25, -0.2) is 4.98 Å². The predicted molar refractivity (Wildman–Crippen MR) is 184 cm³/mol. The molecular formula is C36H37Cl2N5O3. The van der Waals surface area contributed by atoms with Crippen LogP contribution in [0.15, 0.2) is 72.8 Å².